The first-order valence-corrected chi connectivity index (χ1v) is 5.92. The fourth-order valence-corrected chi connectivity index (χ4v) is 2.44. The highest BCUT2D eigenvalue weighted by Gasteiger charge is 2.37. The summed E-state index contributed by atoms with van der Waals surface area (Å²) in [5.74, 6) is 0.330. The first-order chi connectivity index (χ1) is 8.04. The van der Waals surface area contributed by atoms with Gasteiger partial charge < -0.3 is 4.90 Å². The standard InChI is InChI=1S/C11H12ClF3N2/c12-7-8-3-2-6-17(8)10-9(11(13,14)15)4-1-5-16-10/h1,4-5,8H,2-3,6-7H2. The average Bonchev–Trinajstić information content (AvgIpc) is 2.75. The van der Waals surface area contributed by atoms with E-state index in [1.165, 1.54) is 12.3 Å². The molecule has 94 valence electrons. The first-order valence-electron chi connectivity index (χ1n) is 5.39. The van der Waals surface area contributed by atoms with Gasteiger partial charge in [0.1, 0.15) is 5.82 Å². The van der Waals surface area contributed by atoms with E-state index in [0.717, 1.165) is 18.9 Å². The second-order valence-corrected chi connectivity index (χ2v) is 4.32. The average molecular weight is 265 g/mol. The van der Waals surface area contributed by atoms with Gasteiger partial charge >= 0.3 is 6.18 Å². The number of aromatic nitrogens is 1. The van der Waals surface area contributed by atoms with E-state index in [1.807, 2.05) is 0 Å². The Bertz CT molecular complexity index is 395. The van der Waals surface area contributed by atoms with Crippen LogP contribution in [0.4, 0.5) is 19.0 Å². The maximum absolute atomic E-state index is 12.8. The third-order valence-electron chi connectivity index (χ3n) is 2.92. The number of hydrogen-bond donors (Lipinski definition) is 0. The van der Waals surface area contributed by atoms with Gasteiger partial charge in [-0.2, -0.15) is 13.2 Å². The van der Waals surface area contributed by atoms with Gasteiger partial charge in [0.2, 0.25) is 0 Å². The molecule has 17 heavy (non-hydrogen) atoms. The van der Waals surface area contributed by atoms with Crippen LogP contribution in [0.3, 0.4) is 0 Å². The van der Waals surface area contributed by atoms with Crippen LogP contribution in [0.2, 0.25) is 0 Å². The van der Waals surface area contributed by atoms with Gasteiger partial charge in [-0.15, -0.1) is 11.6 Å². The van der Waals surface area contributed by atoms with E-state index >= 15 is 0 Å². The minimum Gasteiger partial charge on any atom is -0.352 e. The second kappa shape index (κ2) is 4.72. The fourth-order valence-electron chi connectivity index (χ4n) is 2.12. The Morgan fingerprint density at radius 3 is 2.88 bits per heavy atom. The molecule has 0 spiro atoms. The molecule has 2 heterocycles. The normalized spacial score (nSPS) is 20.9. The zero-order chi connectivity index (χ0) is 12.5. The summed E-state index contributed by atoms with van der Waals surface area (Å²) in [6.45, 7) is 0.581. The van der Waals surface area contributed by atoms with Crippen LogP contribution in [-0.2, 0) is 6.18 Å². The summed E-state index contributed by atoms with van der Waals surface area (Å²) in [6.07, 6.45) is -1.32. The van der Waals surface area contributed by atoms with Crippen LogP contribution in [-0.4, -0.2) is 23.5 Å². The molecule has 1 aliphatic rings. The summed E-state index contributed by atoms with van der Waals surface area (Å²) in [6, 6.07) is 2.32. The summed E-state index contributed by atoms with van der Waals surface area (Å²) >= 11 is 5.77. The van der Waals surface area contributed by atoms with Gasteiger partial charge in [0.05, 0.1) is 5.56 Å². The fraction of sp³-hybridized carbons (Fsp3) is 0.545. The summed E-state index contributed by atoms with van der Waals surface area (Å²) in [7, 11) is 0. The predicted octanol–water partition coefficient (Wildman–Crippen LogP) is 3.31. The van der Waals surface area contributed by atoms with E-state index in [0.29, 0.717) is 12.4 Å². The van der Waals surface area contributed by atoms with Crippen molar-refractivity contribution >= 4 is 17.4 Å². The molecule has 0 saturated carbocycles. The lowest BCUT2D eigenvalue weighted by atomic mass is 10.2. The Labute approximate surface area is 102 Å². The van der Waals surface area contributed by atoms with Gasteiger partial charge in [-0.05, 0) is 25.0 Å². The highest BCUT2D eigenvalue weighted by molar-refractivity contribution is 6.18. The topological polar surface area (TPSA) is 16.1 Å². The molecule has 2 nitrogen and oxygen atoms in total. The lowest BCUT2D eigenvalue weighted by molar-refractivity contribution is -0.137. The Balaban J connectivity index is 2.38. The van der Waals surface area contributed by atoms with Gasteiger partial charge in [0.15, 0.2) is 0 Å². The largest absolute Gasteiger partial charge is 0.419 e. The third kappa shape index (κ3) is 2.49. The molecule has 6 heteroatoms. The van der Waals surface area contributed by atoms with Crippen LogP contribution in [0.1, 0.15) is 18.4 Å². The second-order valence-electron chi connectivity index (χ2n) is 4.02. The van der Waals surface area contributed by atoms with Crippen LogP contribution >= 0.6 is 11.6 Å². The van der Waals surface area contributed by atoms with E-state index in [4.69, 9.17) is 11.6 Å². The highest BCUT2D eigenvalue weighted by Crippen LogP contribution is 2.37. The van der Waals surface area contributed by atoms with Gasteiger partial charge in [-0.3, -0.25) is 0 Å². The van der Waals surface area contributed by atoms with Crippen molar-refractivity contribution in [2.24, 2.45) is 0 Å². The van der Waals surface area contributed by atoms with Crippen LogP contribution in [0.25, 0.3) is 0 Å². The molecular weight excluding hydrogens is 253 g/mol. The summed E-state index contributed by atoms with van der Waals surface area (Å²) in [5, 5.41) is 0. The molecule has 1 unspecified atom stereocenters. The SMILES string of the molecule is FC(F)(F)c1cccnc1N1CCCC1CCl. The number of rotatable bonds is 2. The maximum Gasteiger partial charge on any atom is 0.419 e. The molecule has 0 aromatic carbocycles. The first kappa shape index (κ1) is 12.5. The van der Waals surface area contributed by atoms with Crippen LogP contribution < -0.4 is 4.90 Å². The van der Waals surface area contributed by atoms with Crippen molar-refractivity contribution in [3.05, 3.63) is 23.9 Å². The Hall–Kier alpha value is -0.970. The predicted molar refractivity (Wildman–Crippen MR) is 60.3 cm³/mol. The zero-order valence-corrected chi connectivity index (χ0v) is 9.80. The lowest BCUT2D eigenvalue weighted by Crippen LogP contribution is -2.33. The van der Waals surface area contributed by atoms with Gasteiger partial charge in [0, 0.05) is 24.7 Å². The summed E-state index contributed by atoms with van der Waals surface area (Å²) < 4.78 is 38.5. The van der Waals surface area contributed by atoms with Crippen molar-refractivity contribution in [2.45, 2.75) is 25.1 Å². The van der Waals surface area contributed by atoms with Crippen LogP contribution in [0.5, 0.6) is 0 Å². The maximum atomic E-state index is 12.8. The van der Waals surface area contributed by atoms with E-state index in [2.05, 4.69) is 4.98 Å². The summed E-state index contributed by atoms with van der Waals surface area (Å²) in [5.41, 5.74) is -0.683. The number of nitrogens with zero attached hydrogens (tertiary/aromatic N) is 2. The zero-order valence-electron chi connectivity index (χ0n) is 9.04. The molecule has 0 amide bonds. The van der Waals surface area contributed by atoms with E-state index in [9.17, 15) is 13.2 Å². The number of anilines is 1. The van der Waals surface area contributed by atoms with Gasteiger partial charge in [-0.1, -0.05) is 0 Å². The molecule has 1 aromatic rings. The van der Waals surface area contributed by atoms with Crippen molar-refractivity contribution in [3.63, 3.8) is 0 Å². The number of alkyl halides is 4. The van der Waals surface area contributed by atoms with Crippen LogP contribution in [0.15, 0.2) is 18.3 Å². The molecule has 1 fully saturated rings. The van der Waals surface area contributed by atoms with Crippen molar-refractivity contribution in [1.82, 2.24) is 4.98 Å². The van der Waals surface area contributed by atoms with Crippen molar-refractivity contribution < 1.29 is 13.2 Å². The monoisotopic (exact) mass is 264 g/mol. The molecule has 1 aromatic heterocycles. The Kier molecular flexibility index (Phi) is 3.47. The third-order valence-corrected chi connectivity index (χ3v) is 3.28. The lowest BCUT2D eigenvalue weighted by Gasteiger charge is -2.26. The molecule has 0 radical (unpaired) electrons. The van der Waals surface area contributed by atoms with E-state index in [1.54, 1.807) is 4.90 Å². The minimum absolute atomic E-state index is 0.00292. The van der Waals surface area contributed by atoms with Gasteiger partial charge in [-0.25, -0.2) is 4.98 Å². The molecule has 0 N–H and O–H groups in total. The van der Waals surface area contributed by atoms with E-state index < -0.39 is 11.7 Å². The quantitative estimate of drug-likeness (QED) is 0.762. The smallest absolute Gasteiger partial charge is 0.352 e. The molecular formula is C11H12ClF3N2. The highest BCUT2D eigenvalue weighted by atomic mass is 35.5. The van der Waals surface area contributed by atoms with E-state index in [-0.39, 0.29) is 11.9 Å². The number of pyridine rings is 1. The molecule has 1 aliphatic heterocycles. The number of halogens is 4. The molecule has 1 atom stereocenters. The Morgan fingerprint density at radius 2 is 2.24 bits per heavy atom. The summed E-state index contributed by atoms with van der Waals surface area (Å²) in [4.78, 5) is 5.54. The number of hydrogen-bond acceptors (Lipinski definition) is 2. The van der Waals surface area contributed by atoms with Crippen molar-refractivity contribution in [1.29, 1.82) is 0 Å². The van der Waals surface area contributed by atoms with Crippen molar-refractivity contribution in [3.8, 4) is 0 Å². The molecule has 0 aliphatic carbocycles. The van der Waals surface area contributed by atoms with Crippen molar-refractivity contribution in [2.75, 3.05) is 17.3 Å². The molecule has 2 rings (SSSR count). The Morgan fingerprint density at radius 1 is 1.47 bits per heavy atom. The molecule has 0 bridgehead atoms. The minimum atomic E-state index is -4.37. The van der Waals surface area contributed by atoms with Gasteiger partial charge in [0.25, 0.3) is 0 Å². The molecule has 1 saturated heterocycles. The van der Waals surface area contributed by atoms with Crippen LogP contribution in [0, 0.1) is 0 Å².